The van der Waals surface area contributed by atoms with E-state index in [0.717, 1.165) is 0 Å². The van der Waals surface area contributed by atoms with Gasteiger partial charge in [0.15, 0.2) is 18.1 Å². The minimum Gasteiger partial charge on any atom is -0.490 e. The van der Waals surface area contributed by atoms with E-state index in [2.05, 4.69) is 5.32 Å². The van der Waals surface area contributed by atoms with Crippen molar-refractivity contribution in [1.82, 2.24) is 0 Å². The molecule has 0 atom stereocenters. The lowest BCUT2D eigenvalue weighted by molar-refractivity contribution is -0.118. The van der Waals surface area contributed by atoms with Crippen LogP contribution in [0.15, 0.2) is 48.5 Å². The second kappa shape index (κ2) is 7.84. The Balaban J connectivity index is 2.00. The first-order valence-electron chi connectivity index (χ1n) is 7.08. The Bertz CT molecular complexity index is 699. The number of para-hydroxylation sites is 3. The molecule has 2 aromatic rings. The number of anilines is 1. The molecule has 1 amide bonds. The summed E-state index contributed by atoms with van der Waals surface area (Å²) in [6.45, 7) is 2.09. The second-order valence-electron chi connectivity index (χ2n) is 4.57. The number of rotatable bonds is 7. The van der Waals surface area contributed by atoms with E-state index in [9.17, 15) is 9.59 Å². The summed E-state index contributed by atoms with van der Waals surface area (Å²) in [5.41, 5.74) is 0.252. The molecule has 2 aromatic carbocycles. The summed E-state index contributed by atoms with van der Waals surface area (Å²) in [4.78, 5) is 23.1. The van der Waals surface area contributed by atoms with E-state index >= 15 is 0 Å². The van der Waals surface area contributed by atoms with Gasteiger partial charge in [0.05, 0.1) is 17.9 Å². The third-order valence-electron chi connectivity index (χ3n) is 2.94. The van der Waals surface area contributed by atoms with Crippen LogP contribution in [0.3, 0.4) is 0 Å². The molecule has 6 heteroatoms. The first kappa shape index (κ1) is 16.4. The molecule has 0 aliphatic carbocycles. The SMILES string of the molecule is CCOc1ccccc1OCC(=O)Nc1ccccc1C(=O)O. The Labute approximate surface area is 133 Å². The molecule has 0 aliphatic heterocycles. The van der Waals surface area contributed by atoms with E-state index < -0.39 is 11.9 Å². The first-order valence-corrected chi connectivity index (χ1v) is 7.08. The number of carbonyl (C=O) groups excluding carboxylic acids is 1. The van der Waals surface area contributed by atoms with Crippen molar-refractivity contribution in [2.45, 2.75) is 6.92 Å². The third kappa shape index (κ3) is 4.47. The van der Waals surface area contributed by atoms with Gasteiger partial charge < -0.3 is 19.9 Å². The van der Waals surface area contributed by atoms with E-state index in [4.69, 9.17) is 14.6 Å². The fourth-order valence-electron chi connectivity index (χ4n) is 1.95. The number of nitrogens with one attached hydrogen (secondary N) is 1. The van der Waals surface area contributed by atoms with Crippen LogP contribution in [0, 0.1) is 0 Å². The van der Waals surface area contributed by atoms with Crippen LogP contribution in [-0.2, 0) is 4.79 Å². The summed E-state index contributed by atoms with van der Waals surface area (Å²) in [6.07, 6.45) is 0. The van der Waals surface area contributed by atoms with Crippen LogP contribution in [0.4, 0.5) is 5.69 Å². The number of carboxylic acids is 1. The first-order chi connectivity index (χ1) is 11.1. The maximum Gasteiger partial charge on any atom is 0.337 e. The average Bonchev–Trinajstić information content (AvgIpc) is 2.54. The molecule has 0 radical (unpaired) electrons. The van der Waals surface area contributed by atoms with Crippen LogP contribution in [0.1, 0.15) is 17.3 Å². The molecule has 2 rings (SSSR count). The highest BCUT2D eigenvalue weighted by Crippen LogP contribution is 2.26. The number of amides is 1. The zero-order valence-corrected chi connectivity index (χ0v) is 12.6. The van der Waals surface area contributed by atoms with Gasteiger partial charge in [0.25, 0.3) is 5.91 Å². The number of aromatic carboxylic acids is 1. The van der Waals surface area contributed by atoms with Crippen molar-refractivity contribution >= 4 is 17.6 Å². The van der Waals surface area contributed by atoms with Crippen LogP contribution in [0.2, 0.25) is 0 Å². The predicted octanol–water partition coefficient (Wildman–Crippen LogP) is 2.80. The van der Waals surface area contributed by atoms with Crippen molar-refractivity contribution in [3.63, 3.8) is 0 Å². The van der Waals surface area contributed by atoms with Crippen molar-refractivity contribution in [3.8, 4) is 11.5 Å². The lowest BCUT2D eigenvalue weighted by atomic mass is 10.2. The molecule has 0 saturated carbocycles. The molecule has 0 saturated heterocycles. The average molecular weight is 315 g/mol. The van der Waals surface area contributed by atoms with Gasteiger partial charge in [-0.05, 0) is 31.2 Å². The summed E-state index contributed by atoms with van der Waals surface area (Å²) >= 11 is 0. The van der Waals surface area contributed by atoms with Crippen molar-refractivity contribution in [2.75, 3.05) is 18.5 Å². The van der Waals surface area contributed by atoms with Gasteiger partial charge in [-0.15, -0.1) is 0 Å². The molecule has 0 spiro atoms. The van der Waals surface area contributed by atoms with Crippen LogP contribution in [0.25, 0.3) is 0 Å². The number of benzene rings is 2. The molecular formula is C17H17NO5. The highest BCUT2D eigenvalue weighted by Gasteiger charge is 2.12. The van der Waals surface area contributed by atoms with E-state index in [1.165, 1.54) is 12.1 Å². The van der Waals surface area contributed by atoms with Gasteiger partial charge >= 0.3 is 5.97 Å². The van der Waals surface area contributed by atoms with E-state index in [1.54, 1.807) is 36.4 Å². The van der Waals surface area contributed by atoms with Gasteiger partial charge in [0.1, 0.15) is 0 Å². The predicted molar refractivity (Wildman–Crippen MR) is 85.1 cm³/mol. The lowest BCUT2D eigenvalue weighted by Crippen LogP contribution is -2.21. The van der Waals surface area contributed by atoms with E-state index in [-0.39, 0.29) is 17.9 Å². The number of ether oxygens (including phenoxy) is 2. The van der Waals surface area contributed by atoms with Crippen LogP contribution >= 0.6 is 0 Å². The third-order valence-corrected chi connectivity index (χ3v) is 2.94. The molecule has 0 fully saturated rings. The van der Waals surface area contributed by atoms with Crippen LogP contribution in [0.5, 0.6) is 11.5 Å². The van der Waals surface area contributed by atoms with Gasteiger partial charge in [0, 0.05) is 0 Å². The Morgan fingerprint density at radius 2 is 1.61 bits per heavy atom. The smallest absolute Gasteiger partial charge is 0.337 e. The number of hydrogen-bond donors (Lipinski definition) is 2. The molecule has 2 N–H and O–H groups in total. The molecule has 6 nitrogen and oxygen atoms in total. The van der Waals surface area contributed by atoms with Gasteiger partial charge in [-0.1, -0.05) is 24.3 Å². The number of carboxylic acid groups (broad SMARTS) is 1. The van der Waals surface area contributed by atoms with Crippen LogP contribution in [-0.4, -0.2) is 30.2 Å². The number of carbonyl (C=O) groups is 2. The zero-order chi connectivity index (χ0) is 16.7. The molecule has 0 aromatic heterocycles. The second-order valence-corrected chi connectivity index (χ2v) is 4.57. The fraction of sp³-hybridized carbons (Fsp3) is 0.176. The van der Waals surface area contributed by atoms with Gasteiger partial charge in [-0.2, -0.15) is 0 Å². The highest BCUT2D eigenvalue weighted by atomic mass is 16.5. The van der Waals surface area contributed by atoms with Crippen molar-refractivity contribution in [1.29, 1.82) is 0 Å². The molecule has 0 aliphatic rings. The maximum atomic E-state index is 12.0. The molecule has 0 bridgehead atoms. The minimum absolute atomic E-state index is 0.0237. The normalized spacial score (nSPS) is 9.96. The molecule has 0 unspecified atom stereocenters. The lowest BCUT2D eigenvalue weighted by Gasteiger charge is -2.12. The van der Waals surface area contributed by atoms with Crippen molar-refractivity contribution in [2.24, 2.45) is 0 Å². The summed E-state index contributed by atoms with van der Waals surface area (Å²) in [5, 5.41) is 11.6. The Morgan fingerprint density at radius 1 is 1.00 bits per heavy atom. The maximum absolute atomic E-state index is 12.0. The fourth-order valence-corrected chi connectivity index (χ4v) is 1.95. The van der Waals surface area contributed by atoms with E-state index in [1.807, 2.05) is 6.92 Å². The largest absolute Gasteiger partial charge is 0.490 e. The van der Waals surface area contributed by atoms with Gasteiger partial charge in [0.2, 0.25) is 0 Å². The van der Waals surface area contributed by atoms with Crippen molar-refractivity contribution < 1.29 is 24.2 Å². The Morgan fingerprint density at radius 3 is 2.26 bits per heavy atom. The van der Waals surface area contributed by atoms with E-state index in [0.29, 0.717) is 18.1 Å². The molecular weight excluding hydrogens is 298 g/mol. The Hall–Kier alpha value is -3.02. The molecule has 120 valence electrons. The standard InChI is InChI=1S/C17H17NO5/c1-2-22-14-9-5-6-10-15(14)23-11-16(19)18-13-8-4-3-7-12(13)17(20)21/h3-10H,2,11H2,1H3,(H,18,19)(H,20,21). The topological polar surface area (TPSA) is 84.9 Å². The van der Waals surface area contributed by atoms with Crippen LogP contribution < -0.4 is 14.8 Å². The van der Waals surface area contributed by atoms with Gasteiger partial charge in [-0.25, -0.2) is 4.79 Å². The monoisotopic (exact) mass is 315 g/mol. The highest BCUT2D eigenvalue weighted by molar-refractivity contribution is 6.00. The zero-order valence-electron chi connectivity index (χ0n) is 12.6. The minimum atomic E-state index is -1.11. The summed E-state index contributed by atoms with van der Waals surface area (Å²) < 4.78 is 10.8. The number of hydrogen-bond acceptors (Lipinski definition) is 4. The van der Waals surface area contributed by atoms with Gasteiger partial charge in [-0.3, -0.25) is 4.79 Å². The Kier molecular flexibility index (Phi) is 5.57. The molecule has 23 heavy (non-hydrogen) atoms. The van der Waals surface area contributed by atoms with Crippen molar-refractivity contribution in [3.05, 3.63) is 54.1 Å². The summed E-state index contributed by atoms with van der Waals surface area (Å²) in [7, 11) is 0. The summed E-state index contributed by atoms with van der Waals surface area (Å²) in [6, 6.07) is 13.2. The molecule has 0 heterocycles. The quantitative estimate of drug-likeness (QED) is 0.820. The summed E-state index contributed by atoms with van der Waals surface area (Å²) in [5.74, 6) is -0.557.